The number of aryl methyl sites for hydroxylation is 1. The minimum atomic E-state index is -0.0915. The highest BCUT2D eigenvalue weighted by Gasteiger charge is 2.23. The molecule has 1 atom stereocenters. The third-order valence-corrected chi connectivity index (χ3v) is 6.22. The number of nitriles is 1. The van der Waals surface area contributed by atoms with Crippen molar-refractivity contribution in [1.29, 1.82) is 5.26 Å². The molecule has 170 valence electrons. The van der Waals surface area contributed by atoms with Crippen molar-refractivity contribution in [3.05, 3.63) is 58.3 Å². The maximum absolute atomic E-state index is 13.2. The van der Waals surface area contributed by atoms with Gasteiger partial charge in [0, 0.05) is 36.6 Å². The van der Waals surface area contributed by atoms with Crippen LogP contribution in [0.2, 0.25) is 0 Å². The zero-order valence-corrected chi connectivity index (χ0v) is 19.4. The van der Waals surface area contributed by atoms with Gasteiger partial charge < -0.3 is 20.3 Å². The number of carbonyl (C=O) groups excluding carboxylic acids is 1. The molecule has 2 N–H and O–H groups in total. The van der Waals surface area contributed by atoms with Crippen LogP contribution in [-0.2, 0) is 4.74 Å². The number of benzene rings is 2. The minimum Gasteiger partial charge on any atom is -0.387 e. The van der Waals surface area contributed by atoms with Crippen LogP contribution < -0.4 is 10.6 Å². The van der Waals surface area contributed by atoms with Crippen LogP contribution in [0.15, 0.2) is 30.3 Å². The van der Waals surface area contributed by atoms with Gasteiger partial charge >= 0.3 is 0 Å². The van der Waals surface area contributed by atoms with E-state index in [0.717, 1.165) is 33.3 Å². The maximum Gasteiger partial charge on any atom is 0.256 e. The molecule has 1 amide bonds. The Morgan fingerprint density at radius 3 is 2.64 bits per heavy atom. The van der Waals surface area contributed by atoms with Crippen LogP contribution in [-0.4, -0.2) is 54.4 Å². The summed E-state index contributed by atoms with van der Waals surface area (Å²) in [7, 11) is 1.81. The first kappa shape index (κ1) is 22.5. The largest absolute Gasteiger partial charge is 0.387 e. The Bertz CT molecular complexity index is 1240. The summed E-state index contributed by atoms with van der Waals surface area (Å²) in [5, 5.41) is 26.5. The summed E-state index contributed by atoms with van der Waals surface area (Å²) >= 11 is 0. The molecule has 1 aromatic heterocycles. The molecule has 0 spiro atoms. The molecule has 0 unspecified atom stereocenters. The summed E-state index contributed by atoms with van der Waals surface area (Å²) in [6, 6.07) is 11.7. The quantitative estimate of drug-likeness (QED) is 0.617. The summed E-state index contributed by atoms with van der Waals surface area (Å²) < 4.78 is 5.39. The SMILES string of the molecule is CNc1cc2c(N[C@H](C)c3cccc(C#N)c3C)nnc(C)c2cc1C(=O)N1CCOCC1. The topological polar surface area (TPSA) is 103 Å². The van der Waals surface area contributed by atoms with Crippen molar-refractivity contribution in [3.8, 4) is 6.07 Å². The van der Waals surface area contributed by atoms with Gasteiger partial charge in [0.15, 0.2) is 5.82 Å². The fourth-order valence-electron chi connectivity index (χ4n) is 4.28. The van der Waals surface area contributed by atoms with E-state index in [4.69, 9.17) is 4.74 Å². The maximum atomic E-state index is 13.2. The number of carbonyl (C=O) groups is 1. The first-order chi connectivity index (χ1) is 15.9. The molecule has 1 saturated heterocycles. The normalized spacial score (nSPS) is 14.6. The van der Waals surface area contributed by atoms with E-state index in [9.17, 15) is 10.1 Å². The number of nitrogens with one attached hydrogen (secondary N) is 2. The lowest BCUT2D eigenvalue weighted by Gasteiger charge is -2.28. The number of rotatable bonds is 5. The number of hydrogen-bond acceptors (Lipinski definition) is 7. The molecule has 8 heteroatoms. The van der Waals surface area contributed by atoms with Crippen molar-refractivity contribution >= 4 is 28.2 Å². The predicted molar refractivity (Wildman–Crippen MR) is 128 cm³/mol. The molecule has 2 aromatic carbocycles. The van der Waals surface area contributed by atoms with Crippen molar-refractivity contribution in [2.75, 3.05) is 44.0 Å². The second-order valence-electron chi connectivity index (χ2n) is 8.23. The molecule has 0 radical (unpaired) electrons. The zero-order chi connectivity index (χ0) is 23.5. The number of nitrogens with zero attached hydrogens (tertiary/aromatic N) is 4. The Morgan fingerprint density at radius 1 is 1.18 bits per heavy atom. The van der Waals surface area contributed by atoms with Gasteiger partial charge in [0.1, 0.15) is 0 Å². The Hall–Kier alpha value is -3.70. The molecule has 0 bridgehead atoms. The Morgan fingerprint density at radius 2 is 1.94 bits per heavy atom. The van der Waals surface area contributed by atoms with E-state index < -0.39 is 0 Å². The predicted octanol–water partition coefficient (Wildman–Crippen LogP) is 3.81. The van der Waals surface area contributed by atoms with Gasteiger partial charge in [-0.15, -0.1) is 5.10 Å². The van der Waals surface area contributed by atoms with E-state index in [-0.39, 0.29) is 11.9 Å². The molecule has 0 aliphatic carbocycles. The molecular weight excluding hydrogens is 416 g/mol. The number of hydrogen-bond donors (Lipinski definition) is 2. The summed E-state index contributed by atoms with van der Waals surface area (Å²) in [6.45, 7) is 8.15. The monoisotopic (exact) mass is 444 g/mol. The number of aromatic nitrogens is 2. The van der Waals surface area contributed by atoms with E-state index in [1.807, 2.05) is 63.1 Å². The molecule has 33 heavy (non-hydrogen) atoms. The van der Waals surface area contributed by atoms with Crippen LogP contribution in [0, 0.1) is 25.2 Å². The summed E-state index contributed by atoms with van der Waals surface area (Å²) in [4.78, 5) is 15.1. The van der Waals surface area contributed by atoms with Gasteiger partial charge in [-0.3, -0.25) is 4.79 Å². The molecule has 1 aliphatic rings. The first-order valence-electron chi connectivity index (χ1n) is 11.1. The fraction of sp³-hybridized carbons (Fsp3) is 0.360. The highest BCUT2D eigenvalue weighted by Crippen LogP contribution is 2.32. The van der Waals surface area contributed by atoms with E-state index in [0.29, 0.717) is 43.2 Å². The van der Waals surface area contributed by atoms with E-state index in [1.54, 1.807) is 0 Å². The highest BCUT2D eigenvalue weighted by molar-refractivity contribution is 6.06. The number of fused-ring (bicyclic) bond motifs is 1. The Kier molecular flexibility index (Phi) is 6.43. The van der Waals surface area contributed by atoms with Gasteiger partial charge in [0.25, 0.3) is 5.91 Å². The van der Waals surface area contributed by atoms with Gasteiger partial charge in [0.2, 0.25) is 0 Å². The van der Waals surface area contributed by atoms with E-state index >= 15 is 0 Å². The van der Waals surface area contributed by atoms with E-state index in [2.05, 4.69) is 26.9 Å². The lowest BCUT2D eigenvalue weighted by atomic mass is 9.98. The standard InChI is InChI=1S/C25H28N6O2/c1-15-18(14-26)6-5-7-19(15)16(2)28-24-21-13-23(27-4)22(12-20(21)17(3)29-30-24)25(32)31-8-10-33-11-9-31/h5-7,12-13,16,27H,8-11H2,1-4H3,(H,28,30)/t16-/m1/s1. The third kappa shape index (κ3) is 4.32. The van der Waals surface area contributed by atoms with Crippen LogP contribution in [0.1, 0.15) is 45.7 Å². The number of amides is 1. The van der Waals surface area contributed by atoms with Gasteiger partial charge in [-0.25, -0.2) is 0 Å². The van der Waals surface area contributed by atoms with Crippen molar-refractivity contribution in [1.82, 2.24) is 15.1 Å². The first-order valence-corrected chi connectivity index (χ1v) is 11.1. The second kappa shape index (κ2) is 9.43. The van der Waals surface area contributed by atoms with Crippen molar-refractivity contribution < 1.29 is 9.53 Å². The Balaban J connectivity index is 1.74. The molecule has 8 nitrogen and oxygen atoms in total. The van der Waals surface area contributed by atoms with Crippen LogP contribution in [0.4, 0.5) is 11.5 Å². The van der Waals surface area contributed by atoms with Crippen LogP contribution in [0.3, 0.4) is 0 Å². The molecule has 1 fully saturated rings. The summed E-state index contributed by atoms with van der Waals surface area (Å²) in [6.07, 6.45) is 0. The number of anilines is 2. The number of morpholine rings is 1. The van der Waals surface area contributed by atoms with Crippen LogP contribution in [0.5, 0.6) is 0 Å². The fourth-order valence-corrected chi connectivity index (χ4v) is 4.28. The van der Waals surface area contributed by atoms with Gasteiger partial charge in [-0.1, -0.05) is 12.1 Å². The Labute approximate surface area is 193 Å². The van der Waals surface area contributed by atoms with Crippen LogP contribution in [0.25, 0.3) is 10.8 Å². The zero-order valence-electron chi connectivity index (χ0n) is 19.4. The number of ether oxygens (including phenoxy) is 1. The van der Waals surface area contributed by atoms with Gasteiger partial charge in [0.05, 0.1) is 42.1 Å². The lowest BCUT2D eigenvalue weighted by Crippen LogP contribution is -2.40. The molecule has 1 aliphatic heterocycles. The summed E-state index contributed by atoms with van der Waals surface area (Å²) in [5.41, 5.74) is 4.73. The molecule has 2 heterocycles. The van der Waals surface area contributed by atoms with Crippen molar-refractivity contribution in [2.24, 2.45) is 0 Å². The van der Waals surface area contributed by atoms with Crippen LogP contribution >= 0.6 is 0 Å². The van der Waals surface area contributed by atoms with Crippen molar-refractivity contribution in [2.45, 2.75) is 26.8 Å². The molecular formula is C25H28N6O2. The van der Waals surface area contributed by atoms with Gasteiger partial charge in [-0.05, 0) is 50.1 Å². The van der Waals surface area contributed by atoms with Gasteiger partial charge in [-0.2, -0.15) is 10.4 Å². The molecule has 3 aromatic rings. The average Bonchev–Trinajstić information content (AvgIpc) is 2.85. The smallest absolute Gasteiger partial charge is 0.256 e. The minimum absolute atomic E-state index is 0.0208. The average molecular weight is 445 g/mol. The molecule has 0 saturated carbocycles. The lowest BCUT2D eigenvalue weighted by molar-refractivity contribution is 0.0303. The molecule has 4 rings (SSSR count). The summed E-state index contributed by atoms with van der Waals surface area (Å²) in [5.74, 6) is 0.610. The second-order valence-corrected chi connectivity index (χ2v) is 8.23. The van der Waals surface area contributed by atoms with E-state index in [1.165, 1.54) is 0 Å². The highest BCUT2D eigenvalue weighted by atomic mass is 16.5. The van der Waals surface area contributed by atoms with Crippen molar-refractivity contribution in [3.63, 3.8) is 0 Å². The third-order valence-electron chi connectivity index (χ3n) is 6.22.